The largest absolute Gasteiger partial charge is 0.289 e. The molecule has 0 saturated carbocycles. The van der Waals surface area contributed by atoms with Gasteiger partial charge >= 0.3 is 0 Å². The minimum Gasteiger partial charge on any atom is -0.289 e. The van der Waals surface area contributed by atoms with Gasteiger partial charge in [0.25, 0.3) is 5.56 Å². The zero-order valence-electron chi connectivity index (χ0n) is 16.1. The predicted octanol–water partition coefficient (Wildman–Crippen LogP) is 2.28. The molecule has 0 aliphatic carbocycles. The van der Waals surface area contributed by atoms with Crippen LogP contribution >= 0.6 is 0 Å². The van der Waals surface area contributed by atoms with Gasteiger partial charge in [0, 0.05) is 19.3 Å². The lowest BCUT2D eigenvalue weighted by Crippen LogP contribution is -2.51. The van der Waals surface area contributed by atoms with E-state index >= 15 is 0 Å². The fraction of sp³-hybridized carbons (Fsp3) is 0.381. The molecule has 1 aliphatic rings. The van der Waals surface area contributed by atoms with Crippen molar-refractivity contribution in [1.82, 2.24) is 24.3 Å². The van der Waals surface area contributed by atoms with E-state index < -0.39 is 5.66 Å². The van der Waals surface area contributed by atoms with Crippen LogP contribution in [0, 0.1) is 0 Å². The number of aromatic nitrogens is 3. The second kappa shape index (κ2) is 6.87. The van der Waals surface area contributed by atoms with E-state index in [2.05, 4.69) is 35.8 Å². The third-order valence-corrected chi connectivity index (χ3v) is 5.83. The highest BCUT2D eigenvalue weighted by Crippen LogP contribution is 2.37. The van der Waals surface area contributed by atoms with Crippen molar-refractivity contribution in [2.24, 2.45) is 0 Å². The lowest BCUT2D eigenvalue weighted by molar-refractivity contribution is 0.0268. The van der Waals surface area contributed by atoms with E-state index in [1.54, 1.807) is 18.5 Å². The highest BCUT2D eigenvalue weighted by Gasteiger charge is 2.46. The highest BCUT2D eigenvalue weighted by atomic mass is 16.1. The fourth-order valence-electron chi connectivity index (χ4n) is 4.29. The molecule has 4 rings (SSSR count). The van der Waals surface area contributed by atoms with Gasteiger partial charge in [-0.3, -0.25) is 24.1 Å². The van der Waals surface area contributed by atoms with Crippen molar-refractivity contribution in [1.29, 1.82) is 0 Å². The molecule has 1 aromatic carbocycles. The Morgan fingerprint density at radius 2 is 1.78 bits per heavy atom. The number of hydrogen-bond acceptors (Lipinski definition) is 5. The third-order valence-electron chi connectivity index (χ3n) is 5.83. The van der Waals surface area contributed by atoms with Gasteiger partial charge in [-0.1, -0.05) is 37.3 Å². The van der Waals surface area contributed by atoms with Crippen LogP contribution in [-0.2, 0) is 12.2 Å². The van der Waals surface area contributed by atoms with Crippen molar-refractivity contribution in [2.45, 2.75) is 25.6 Å². The summed E-state index contributed by atoms with van der Waals surface area (Å²) in [5.41, 5.74) is 1.33. The van der Waals surface area contributed by atoms with E-state index in [4.69, 9.17) is 4.98 Å². The first kappa shape index (κ1) is 17.8. The van der Waals surface area contributed by atoms with E-state index in [0.29, 0.717) is 17.4 Å². The van der Waals surface area contributed by atoms with Crippen molar-refractivity contribution in [3.8, 4) is 0 Å². The Balaban J connectivity index is 2.01. The maximum absolute atomic E-state index is 13.4. The summed E-state index contributed by atoms with van der Waals surface area (Å²) in [6.45, 7) is 4.54. The molecule has 0 amide bonds. The summed E-state index contributed by atoms with van der Waals surface area (Å²) in [5.74, 6) is 0.793. The fourth-order valence-corrected chi connectivity index (χ4v) is 4.29. The van der Waals surface area contributed by atoms with Crippen molar-refractivity contribution >= 4 is 10.9 Å². The van der Waals surface area contributed by atoms with E-state index in [9.17, 15) is 4.79 Å². The average molecular weight is 363 g/mol. The van der Waals surface area contributed by atoms with Crippen LogP contribution in [0.15, 0.2) is 53.6 Å². The van der Waals surface area contributed by atoms with Crippen LogP contribution in [-0.4, -0.2) is 51.5 Å². The molecule has 3 heterocycles. The lowest BCUT2D eigenvalue weighted by atomic mass is 10.0. The molecule has 2 aromatic heterocycles. The van der Waals surface area contributed by atoms with Gasteiger partial charge in [0.05, 0.1) is 23.6 Å². The van der Waals surface area contributed by atoms with Gasteiger partial charge in [-0.15, -0.1) is 0 Å². The first-order chi connectivity index (χ1) is 13.1. The summed E-state index contributed by atoms with van der Waals surface area (Å²) in [5, 5.41) is 0.610. The predicted molar refractivity (Wildman–Crippen MR) is 107 cm³/mol. The molecule has 6 nitrogen and oxygen atoms in total. The van der Waals surface area contributed by atoms with Crippen LogP contribution < -0.4 is 5.56 Å². The Morgan fingerprint density at radius 1 is 1.07 bits per heavy atom. The summed E-state index contributed by atoms with van der Waals surface area (Å²) in [6, 6.07) is 11.9. The molecular weight excluding hydrogens is 338 g/mol. The zero-order chi connectivity index (χ0) is 19.0. The molecule has 3 aromatic rings. The quantitative estimate of drug-likeness (QED) is 0.712. The van der Waals surface area contributed by atoms with E-state index in [0.717, 1.165) is 30.9 Å². The summed E-state index contributed by atoms with van der Waals surface area (Å²) >= 11 is 0. The molecule has 1 saturated heterocycles. The Morgan fingerprint density at radius 3 is 2.44 bits per heavy atom. The maximum atomic E-state index is 13.4. The van der Waals surface area contributed by atoms with Crippen LogP contribution in [0.3, 0.4) is 0 Å². The van der Waals surface area contributed by atoms with Crippen molar-refractivity contribution in [2.75, 3.05) is 27.2 Å². The number of pyridine rings is 1. The number of benzene rings is 1. The standard InChI is InChI=1S/C21H25N5O/c1-4-21(24(2)12-13-25(21)3)20-23-18-14-22-11-10-17(18)19(27)26(20)15-16-8-6-5-7-9-16/h5-11,14H,4,12-13,15H2,1-3H3. The topological polar surface area (TPSA) is 54.3 Å². The Hall–Kier alpha value is -2.57. The zero-order valence-corrected chi connectivity index (χ0v) is 16.1. The molecule has 0 unspecified atom stereocenters. The molecule has 0 atom stereocenters. The summed E-state index contributed by atoms with van der Waals surface area (Å²) in [6.07, 6.45) is 4.18. The van der Waals surface area contributed by atoms with E-state index in [1.165, 1.54) is 0 Å². The number of nitrogens with zero attached hydrogens (tertiary/aromatic N) is 5. The van der Waals surface area contributed by atoms with Gasteiger partial charge in [0.2, 0.25) is 0 Å². The maximum Gasteiger partial charge on any atom is 0.261 e. The van der Waals surface area contributed by atoms with Gasteiger partial charge < -0.3 is 0 Å². The van der Waals surface area contributed by atoms with Gasteiger partial charge in [-0.2, -0.15) is 0 Å². The second-order valence-electron chi connectivity index (χ2n) is 7.22. The van der Waals surface area contributed by atoms with Crippen molar-refractivity contribution < 1.29 is 0 Å². The smallest absolute Gasteiger partial charge is 0.261 e. The van der Waals surface area contributed by atoms with Crippen LogP contribution in [0.2, 0.25) is 0 Å². The van der Waals surface area contributed by atoms with E-state index in [-0.39, 0.29) is 5.56 Å². The second-order valence-corrected chi connectivity index (χ2v) is 7.22. The third kappa shape index (κ3) is 2.76. The van der Waals surface area contributed by atoms with E-state index in [1.807, 2.05) is 34.9 Å². The molecule has 140 valence electrons. The first-order valence-electron chi connectivity index (χ1n) is 9.39. The van der Waals surface area contributed by atoms with Crippen LogP contribution in [0.1, 0.15) is 24.7 Å². The molecule has 0 bridgehead atoms. The van der Waals surface area contributed by atoms with Gasteiger partial charge in [0.15, 0.2) is 0 Å². The van der Waals surface area contributed by atoms with Gasteiger partial charge in [-0.05, 0) is 32.1 Å². The number of fused-ring (bicyclic) bond motifs is 1. The SMILES string of the molecule is CCC1(c2nc3cnccc3c(=O)n2Cc2ccccc2)N(C)CCN1C. The van der Waals surface area contributed by atoms with Gasteiger partial charge in [0.1, 0.15) is 11.5 Å². The summed E-state index contributed by atoms with van der Waals surface area (Å²) in [7, 11) is 4.22. The lowest BCUT2D eigenvalue weighted by Gasteiger charge is -2.40. The molecule has 0 N–H and O–H groups in total. The average Bonchev–Trinajstić information content (AvgIpc) is 2.99. The van der Waals surface area contributed by atoms with Crippen molar-refractivity contribution in [3.63, 3.8) is 0 Å². The Labute approximate surface area is 159 Å². The van der Waals surface area contributed by atoms with Crippen LogP contribution in [0.25, 0.3) is 10.9 Å². The number of hydrogen-bond donors (Lipinski definition) is 0. The van der Waals surface area contributed by atoms with Crippen LogP contribution in [0.5, 0.6) is 0 Å². The van der Waals surface area contributed by atoms with Gasteiger partial charge in [-0.25, -0.2) is 4.98 Å². The van der Waals surface area contributed by atoms with Crippen molar-refractivity contribution in [3.05, 3.63) is 70.5 Å². The molecule has 27 heavy (non-hydrogen) atoms. The molecular formula is C21H25N5O. The minimum absolute atomic E-state index is 0.0113. The molecule has 6 heteroatoms. The molecule has 0 radical (unpaired) electrons. The monoisotopic (exact) mass is 363 g/mol. The Bertz CT molecular complexity index is 1000. The number of likely N-dealkylation sites (N-methyl/N-ethyl adjacent to an activating group) is 2. The molecule has 1 fully saturated rings. The van der Waals surface area contributed by atoms with Crippen LogP contribution in [0.4, 0.5) is 0 Å². The Kier molecular flexibility index (Phi) is 4.53. The number of rotatable bonds is 4. The highest BCUT2D eigenvalue weighted by molar-refractivity contribution is 5.76. The minimum atomic E-state index is -0.405. The first-order valence-corrected chi connectivity index (χ1v) is 9.39. The summed E-state index contributed by atoms with van der Waals surface area (Å²) in [4.78, 5) is 27.2. The summed E-state index contributed by atoms with van der Waals surface area (Å²) < 4.78 is 1.85. The molecule has 0 spiro atoms. The molecule has 1 aliphatic heterocycles. The normalized spacial score (nSPS) is 17.6.